The van der Waals surface area contributed by atoms with Crippen LogP contribution in [0.3, 0.4) is 0 Å². The summed E-state index contributed by atoms with van der Waals surface area (Å²) < 4.78 is 44.8. The zero-order valence-corrected chi connectivity index (χ0v) is 17.8. The number of ether oxygens (including phenoxy) is 1. The molecule has 0 atom stereocenters. The number of likely N-dealkylation sites (N-methyl/N-ethyl adjacent to an activating group) is 1. The lowest BCUT2D eigenvalue weighted by Crippen LogP contribution is -2.47. The topological polar surface area (TPSA) is 58.6 Å². The molecule has 32 heavy (non-hydrogen) atoms. The molecule has 1 aliphatic rings. The molecule has 6 nitrogen and oxygen atoms in total. The predicted molar refractivity (Wildman–Crippen MR) is 115 cm³/mol. The van der Waals surface area contributed by atoms with Crippen LogP contribution in [0.5, 0.6) is 5.75 Å². The minimum atomic E-state index is -4.51. The van der Waals surface area contributed by atoms with E-state index in [1.54, 1.807) is 24.3 Å². The van der Waals surface area contributed by atoms with Gasteiger partial charge in [-0.15, -0.1) is 0 Å². The molecule has 2 aromatic carbocycles. The normalized spacial score (nSPS) is 15.2. The molecule has 168 valence electrons. The van der Waals surface area contributed by atoms with Crippen LogP contribution in [0.15, 0.2) is 42.5 Å². The Morgan fingerprint density at radius 2 is 1.69 bits per heavy atom. The summed E-state index contributed by atoms with van der Waals surface area (Å²) in [6.07, 6.45) is -4.51. The van der Waals surface area contributed by atoms with Crippen LogP contribution in [0.2, 0.25) is 0 Å². The maximum atomic E-state index is 13.4. The number of alkyl halides is 3. The smallest absolute Gasteiger partial charge is 0.416 e. The van der Waals surface area contributed by atoms with E-state index in [1.807, 2.05) is 4.90 Å². The number of fused-ring (bicyclic) bond motifs is 1. The zero-order valence-electron chi connectivity index (χ0n) is 17.8. The minimum absolute atomic E-state index is 0.0348. The number of piperazine rings is 1. The molecule has 4 rings (SSSR count). The van der Waals surface area contributed by atoms with Crippen molar-refractivity contribution in [3.63, 3.8) is 0 Å². The number of aromatic nitrogens is 2. The van der Waals surface area contributed by atoms with Crippen molar-refractivity contribution in [3.8, 4) is 5.75 Å². The van der Waals surface area contributed by atoms with Gasteiger partial charge in [-0.3, -0.25) is 4.79 Å². The molecular weight excluding hydrogens is 421 g/mol. The molecule has 0 N–H and O–H groups in total. The lowest BCUT2D eigenvalue weighted by Gasteiger charge is -2.35. The van der Waals surface area contributed by atoms with E-state index in [1.165, 1.54) is 13.2 Å². The van der Waals surface area contributed by atoms with Crippen molar-refractivity contribution in [2.45, 2.75) is 13.1 Å². The maximum absolute atomic E-state index is 13.4. The van der Waals surface area contributed by atoms with Crippen LogP contribution >= 0.6 is 0 Å². The molecule has 2 heterocycles. The zero-order chi connectivity index (χ0) is 22.9. The van der Waals surface area contributed by atoms with E-state index in [0.717, 1.165) is 31.8 Å². The van der Waals surface area contributed by atoms with Crippen LogP contribution < -0.4 is 9.64 Å². The number of carbonyl (C=O) groups is 1. The second-order valence-electron chi connectivity index (χ2n) is 7.58. The lowest BCUT2D eigenvalue weighted by atomic mass is 10.1. The van der Waals surface area contributed by atoms with Gasteiger partial charge < -0.3 is 14.5 Å². The van der Waals surface area contributed by atoms with Gasteiger partial charge in [0.05, 0.1) is 23.7 Å². The first-order chi connectivity index (χ1) is 15.3. The number of benzene rings is 2. The Bertz CT molecular complexity index is 1120. The van der Waals surface area contributed by atoms with Crippen LogP contribution in [0.1, 0.15) is 28.5 Å². The summed E-state index contributed by atoms with van der Waals surface area (Å²) in [4.78, 5) is 26.6. The average Bonchev–Trinajstić information content (AvgIpc) is 2.82. The third-order valence-corrected chi connectivity index (χ3v) is 5.66. The standard InChI is InChI=1S/C23H23F3N4O2/c1-3-29-10-12-30(13-11-29)22-20(21(31)15-4-7-17(32-2)8-5-15)27-19-14-16(23(24,25)26)6-9-18(19)28-22/h4-9,14H,3,10-13H2,1-2H3. The van der Waals surface area contributed by atoms with Gasteiger partial charge in [-0.1, -0.05) is 6.92 Å². The summed E-state index contributed by atoms with van der Waals surface area (Å²) in [5, 5.41) is 0. The van der Waals surface area contributed by atoms with Crippen molar-refractivity contribution in [3.05, 3.63) is 59.3 Å². The number of halogens is 3. The number of nitrogens with zero attached hydrogens (tertiary/aromatic N) is 4. The van der Waals surface area contributed by atoms with Crippen molar-refractivity contribution in [1.82, 2.24) is 14.9 Å². The molecular formula is C23H23F3N4O2. The van der Waals surface area contributed by atoms with Crippen molar-refractivity contribution in [2.75, 3.05) is 44.7 Å². The van der Waals surface area contributed by atoms with Gasteiger partial charge in [0, 0.05) is 31.7 Å². The largest absolute Gasteiger partial charge is 0.497 e. The van der Waals surface area contributed by atoms with Crippen LogP contribution in [0.4, 0.5) is 19.0 Å². The molecule has 1 aliphatic heterocycles. The highest BCUT2D eigenvalue weighted by Gasteiger charge is 2.31. The van der Waals surface area contributed by atoms with Crippen LogP contribution in [0, 0.1) is 0 Å². The first-order valence-electron chi connectivity index (χ1n) is 10.3. The van der Waals surface area contributed by atoms with E-state index in [0.29, 0.717) is 35.7 Å². The van der Waals surface area contributed by atoms with Crippen LogP contribution in [-0.2, 0) is 6.18 Å². The number of methoxy groups -OCH3 is 1. The van der Waals surface area contributed by atoms with Crippen LogP contribution in [-0.4, -0.2) is 60.5 Å². The predicted octanol–water partition coefficient (Wildman–Crippen LogP) is 4.03. The Hall–Kier alpha value is -3.20. The lowest BCUT2D eigenvalue weighted by molar-refractivity contribution is -0.137. The number of hydrogen-bond donors (Lipinski definition) is 0. The van der Waals surface area contributed by atoms with Crippen molar-refractivity contribution in [1.29, 1.82) is 0 Å². The molecule has 0 bridgehead atoms. The fraction of sp³-hybridized carbons (Fsp3) is 0.348. The van der Waals surface area contributed by atoms with Gasteiger partial charge in [0.15, 0.2) is 11.5 Å². The molecule has 1 saturated heterocycles. The number of ketones is 1. The molecule has 0 saturated carbocycles. The second-order valence-corrected chi connectivity index (χ2v) is 7.58. The monoisotopic (exact) mass is 444 g/mol. The maximum Gasteiger partial charge on any atom is 0.416 e. The van der Waals surface area contributed by atoms with Gasteiger partial charge in [-0.25, -0.2) is 9.97 Å². The van der Waals surface area contributed by atoms with E-state index in [9.17, 15) is 18.0 Å². The summed E-state index contributed by atoms with van der Waals surface area (Å²) in [7, 11) is 1.53. The van der Waals surface area contributed by atoms with Gasteiger partial charge in [-0.05, 0) is 49.0 Å². The number of carbonyl (C=O) groups excluding carboxylic acids is 1. The second kappa shape index (κ2) is 8.74. The minimum Gasteiger partial charge on any atom is -0.497 e. The van der Waals surface area contributed by atoms with Gasteiger partial charge in [-0.2, -0.15) is 13.2 Å². The fourth-order valence-corrected chi connectivity index (χ4v) is 3.75. The van der Waals surface area contributed by atoms with Crippen molar-refractivity contribution >= 4 is 22.6 Å². The van der Waals surface area contributed by atoms with E-state index in [4.69, 9.17) is 4.74 Å². The summed E-state index contributed by atoms with van der Waals surface area (Å²) in [5.41, 5.74) is -0.0666. The van der Waals surface area contributed by atoms with E-state index >= 15 is 0 Å². The third-order valence-electron chi connectivity index (χ3n) is 5.66. The van der Waals surface area contributed by atoms with Crippen molar-refractivity contribution < 1.29 is 22.7 Å². The molecule has 1 aromatic heterocycles. The van der Waals surface area contributed by atoms with Crippen LogP contribution in [0.25, 0.3) is 11.0 Å². The van der Waals surface area contributed by atoms with E-state index < -0.39 is 17.5 Å². The SMILES string of the molecule is CCN1CCN(c2nc3ccc(C(F)(F)F)cc3nc2C(=O)c2ccc(OC)cc2)CC1. The number of anilines is 1. The Balaban J connectivity index is 1.81. The first kappa shape index (κ1) is 22.0. The fourth-order valence-electron chi connectivity index (χ4n) is 3.75. The Morgan fingerprint density at radius 1 is 1.00 bits per heavy atom. The number of hydrogen-bond acceptors (Lipinski definition) is 6. The Kier molecular flexibility index (Phi) is 6.01. The molecule has 0 amide bonds. The van der Waals surface area contributed by atoms with E-state index in [-0.39, 0.29) is 11.2 Å². The number of rotatable bonds is 5. The molecule has 3 aromatic rings. The van der Waals surface area contributed by atoms with Gasteiger partial charge >= 0.3 is 6.18 Å². The van der Waals surface area contributed by atoms with Crippen molar-refractivity contribution in [2.24, 2.45) is 0 Å². The summed E-state index contributed by atoms with van der Waals surface area (Å²) in [6.45, 7) is 5.92. The first-order valence-corrected chi connectivity index (χ1v) is 10.3. The highest BCUT2D eigenvalue weighted by molar-refractivity contribution is 6.11. The van der Waals surface area contributed by atoms with Gasteiger partial charge in [0.2, 0.25) is 5.78 Å². The molecule has 0 unspecified atom stereocenters. The Labute approximate surface area is 183 Å². The molecule has 0 aliphatic carbocycles. The third kappa shape index (κ3) is 4.38. The van der Waals surface area contributed by atoms with Gasteiger partial charge in [0.1, 0.15) is 5.75 Å². The summed E-state index contributed by atoms with van der Waals surface area (Å²) >= 11 is 0. The molecule has 1 fully saturated rings. The average molecular weight is 444 g/mol. The molecule has 0 radical (unpaired) electrons. The van der Waals surface area contributed by atoms with Gasteiger partial charge in [0.25, 0.3) is 0 Å². The quantitative estimate of drug-likeness (QED) is 0.554. The molecule has 9 heteroatoms. The highest BCUT2D eigenvalue weighted by atomic mass is 19.4. The summed E-state index contributed by atoms with van der Waals surface area (Å²) in [5.74, 6) is 0.595. The summed E-state index contributed by atoms with van der Waals surface area (Å²) in [6, 6.07) is 9.76. The molecule has 0 spiro atoms. The highest BCUT2D eigenvalue weighted by Crippen LogP contribution is 2.32. The Morgan fingerprint density at radius 3 is 2.28 bits per heavy atom. The van der Waals surface area contributed by atoms with E-state index in [2.05, 4.69) is 21.8 Å².